The summed E-state index contributed by atoms with van der Waals surface area (Å²) in [5.41, 5.74) is 5.42. The standard InChI is InChI=1S/C14H26N4O2/c1-9-4-5-10(2)18(9)11(3)14(20)17-7-6-16-8-12(17)13(15)19/h9-12,16H,4-8H2,1-3H3,(H2,15,19). The lowest BCUT2D eigenvalue weighted by Gasteiger charge is -2.39. The van der Waals surface area contributed by atoms with Crippen molar-refractivity contribution in [3.05, 3.63) is 0 Å². The fourth-order valence-corrected chi connectivity index (χ4v) is 3.57. The van der Waals surface area contributed by atoms with Crippen molar-refractivity contribution in [3.8, 4) is 0 Å². The molecule has 0 spiro atoms. The summed E-state index contributed by atoms with van der Waals surface area (Å²) in [6.07, 6.45) is 2.25. The highest BCUT2D eigenvalue weighted by molar-refractivity contribution is 5.89. The quantitative estimate of drug-likeness (QED) is 0.734. The van der Waals surface area contributed by atoms with Crippen LogP contribution in [0.5, 0.6) is 0 Å². The van der Waals surface area contributed by atoms with Gasteiger partial charge in [0.15, 0.2) is 0 Å². The largest absolute Gasteiger partial charge is 0.368 e. The Morgan fingerprint density at radius 3 is 2.40 bits per heavy atom. The number of carbonyl (C=O) groups excluding carboxylic acids is 2. The highest BCUT2D eigenvalue weighted by Crippen LogP contribution is 2.27. The van der Waals surface area contributed by atoms with Crippen molar-refractivity contribution >= 4 is 11.8 Å². The van der Waals surface area contributed by atoms with Crippen LogP contribution in [0.15, 0.2) is 0 Å². The molecule has 0 aromatic rings. The van der Waals surface area contributed by atoms with Gasteiger partial charge in [-0.25, -0.2) is 0 Å². The number of carbonyl (C=O) groups is 2. The SMILES string of the molecule is CC1CCC(C)N1C(C)C(=O)N1CCNCC1C(N)=O. The first-order valence-electron chi connectivity index (χ1n) is 7.51. The minimum absolute atomic E-state index is 0.0240. The van der Waals surface area contributed by atoms with Crippen molar-refractivity contribution in [2.45, 2.75) is 57.8 Å². The lowest BCUT2D eigenvalue weighted by atomic mass is 10.1. The molecule has 6 heteroatoms. The number of hydrogen-bond donors (Lipinski definition) is 2. The highest BCUT2D eigenvalue weighted by atomic mass is 16.2. The second-order valence-electron chi connectivity index (χ2n) is 6.05. The molecule has 2 rings (SSSR count). The summed E-state index contributed by atoms with van der Waals surface area (Å²) in [5, 5.41) is 3.12. The predicted octanol–water partition coefficient (Wildman–Crippen LogP) is -0.467. The monoisotopic (exact) mass is 282 g/mol. The molecule has 2 aliphatic rings. The van der Waals surface area contributed by atoms with Crippen LogP contribution in [0.3, 0.4) is 0 Å². The minimum Gasteiger partial charge on any atom is -0.368 e. The van der Waals surface area contributed by atoms with E-state index in [2.05, 4.69) is 24.1 Å². The normalized spacial score (nSPS) is 33.1. The van der Waals surface area contributed by atoms with Gasteiger partial charge in [0.2, 0.25) is 11.8 Å². The molecule has 0 saturated carbocycles. The molecule has 0 aromatic heterocycles. The summed E-state index contributed by atoms with van der Waals surface area (Å²) < 4.78 is 0. The molecular weight excluding hydrogens is 256 g/mol. The van der Waals surface area contributed by atoms with Crippen molar-refractivity contribution in [1.82, 2.24) is 15.1 Å². The molecule has 0 aliphatic carbocycles. The van der Waals surface area contributed by atoms with Gasteiger partial charge in [-0.05, 0) is 33.6 Å². The summed E-state index contributed by atoms with van der Waals surface area (Å²) in [6.45, 7) is 7.99. The number of nitrogens with two attached hydrogens (primary N) is 1. The molecule has 20 heavy (non-hydrogen) atoms. The van der Waals surface area contributed by atoms with Crippen molar-refractivity contribution in [2.24, 2.45) is 5.73 Å². The number of piperazine rings is 1. The fourth-order valence-electron chi connectivity index (χ4n) is 3.57. The van der Waals surface area contributed by atoms with Crippen LogP contribution in [0.4, 0.5) is 0 Å². The van der Waals surface area contributed by atoms with Gasteiger partial charge in [-0.3, -0.25) is 14.5 Å². The average molecular weight is 282 g/mol. The minimum atomic E-state index is -0.521. The number of nitrogens with one attached hydrogen (secondary N) is 1. The zero-order chi connectivity index (χ0) is 14.9. The molecule has 4 atom stereocenters. The van der Waals surface area contributed by atoms with E-state index in [1.165, 1.54) is 0 Å². The summed E-state index contributed by atoms with van der Waals surface area (Å²) in [7, 11) is 0. The van der Waals surface area contributed by atoms with Crippen LogP contribution in [0, 0.1) is 0 Å². The molecule has 3 N–H and O–H groups in total. The predicted molar refractivity (Wildman–Crippen MR) is 77.0 cm³/mol. The second-order valence-corrected chi connectivity index (χ2v) is 6.05. The molecule has 2 fully saturated rings. The van der Waals surface area contributed by atoms with Crippen molar-refractivity contribution < 1.29 is 9.59 Å². The van der Waals surface area contributed by atoms with E-state index in [1.807, 2.05) is 6.92 Å². The zero-order valence-electron chi connectivity index (χ0n) is 12.6. The maximum atomic E-state index is 12.7. The van der Waals surface area contributed by atoms with Gasteiger partial charge in [-0.2, -0.15) is 0 Å². The third-order valence-corrected chi connectivity index (χ3v) is 4.68. The van der Waals surface area contributed by atoms with Gasteiger partial charge in [0.1, 0.15) is 6.04 Å². The Morgan fingerprint density at radius 1 is 1.25 bits per heavy atom. The van der Waals surface area contributed by atoms with Gasteiger partial charge in [0.05, 0.1) is 6.04 Å². The number of amides is 2. The van der Waals surface area contributed by atoms with Crippen LogP contribution < -0.4 is 11.1 Å². The number of likely N-dealkylation sites (tertiary alicyclic amines) is 1. The van der Waals surface area contributed by atoms with E-state index in [0.29, 0.717) is 31.7 Å². The summed E-state index contributed by atoms with van der Waals surface area (Å²) in [4.78, 5) is 28.2. The Kier molecular flexibility index (Phi) is 4.65. The van der Waals surface area contributed by atoms with Gasteiger partial charge in [-0.1, -0.05) is 0 Å². The summed E-state index contributed by atoms with van der Waals surface area (Å²) in [6, 6.07) is 0.118. The van der Waals surface area contributed by atoms with Crippen LogP contribution >= 0.6 is 0 Å². The van der Waals surface area contributed by atoms with E-state index < -0.39 is 11.9 Å². The van der Waals surface area contributed by atoms with Crippen LogP contribution in [0.2, 0.25) is 0 Å². The van der Waals surface area contributed by atoms with E-state index in [1.54, 1.807) is 4.90 Å². The first-order chi connectivity index (χ1) is 9.43. The van der Waals surface area contributed by atoms with Crippen LogP contribution in [0.1, 0.15) is 33.6 Å². The topological polar surface area (TPSA) is 78.7 Å². The number of nitrogens with zero attached hydrogens (tertiary/aromatic N) is 2. The van der Waals surface area contributed by atoms with Crippen LogP contribution in [0.25, 0.3) is 0 Å². The van der Waals surface area contributed by atoms with Gasteiger partial charge < -0.3 is 16.0 Å². The zero-order valence-corrected chi connectivity index (χ0v) is 12.6. The molecule has 0 aromatic carbocycles. The van der Waals surface area contributed by atoms with Crippen molar-refractivity contribution in [2.75, 3.05) is 19.6 Å². The maximum absolute atomic E-state index is 12.7. The van der Waals surface area contributed by atoms with Crippen LogP contribution in [-0.2, 0) is 9.59 Å². The van der Waals surface area contributed by atoms with Crippen molar-refractivity contribution in [1.29, 1.82) is 0 Å². The van der Waals surface area contributed by atoms with Gasteiger partial charge >= 0.3 is 0 Å². The second kappa shape index (κ2) is 6.10. The van der Waals surface area contributed by atoms with Crippen LogP contribution in [-0.4, -0.2) is 65.4 Å². The Morgan fingerprint density at radius 2 is 1.85 bits per heavy atom. The Balaban J connectivity index is 2.10. The lowest BCUT2D eigenvalue weighted by molar-refractivity contribution is -0.145. The molecule has 2 heterocycles. The lowest BCUT2D eigenvalue weighted by Crippen LogP contribution is -2.62. The van der Waals surface area contributed by atoms with E-state index in [9.17, 15) is 9.59 Å². The number of hydrogen-bond acceptors (Lipinski definition) is 4. The van der Waals surface area contributed by atoms with E-state index in [0.717, 1.165) is 12.8 Å². The maximum Gasteiger partial charge on any atom is 0.241 e. The Bertz CT molecular complexity index is 377. The molecule has 6 nitrogen and oxygen atoms in total. The third kappa shape index (κ3) is 2.81. The third-order valence-electron chi connectivity index (χ3n) is 4.68. The van der Waals surface area contributed by atoms with E-state index in [-0.39, 0.29) is 11.9 Å². The molecule has 2 amide bonds. The van der Waals surface area contributed by atoms with E-state index in [4.69, 9.17) is 5.73 Å². The average Bonchev–Trinajstić information content (AvgIpc) is 2.76. The number of primary amides is 1. The van der Waals surface area contributed by atoms with Gasteiger partial charge in [-0.15, -0.1) is 0 Å². The summed E-state index contributed by atoms with van der Waals surface area (Å²) >= 11 is 0. The highest BCUT2D eigenvalue weighted by Gasteiger charge is 2.39. The summed E-state index contributed by atoms with van der Waals surface area (Å²) in [5.74, 6) is -0.406. The first-order valence-corrected chi connectivity index (χ1v) is 7.51. The molecule has 2 saturated heterocycles. The first kappa shape index (κ1) is 15.3. The molecule has 114 valence electrons. The molecular formula is C14H26N4O2. The molecule has 0 radical (unpaired) electrons. The molecule has 2 aliphatic heterocycles. The van der Waals surface area contributed by atoms with Gasteiger partial charge in [0, 0.05) is 31.7 Å². The van der Waals surface area contributed by atoms with Gasteiger partial charge in [0.25, 0.3) is 0 Å². The van der Waals surface area contributed by atoms with Crippen molar-refractivity contribution in [3.63, 3.8) is 0 Å². The number of rotatable bonds is 3. The smallest absolute Gasteiger partial charge is 0.241 e. The van der Waals surface area contributed by atoms with E-state index >= 15 is 0 Å². The Labute approximate surface area is 120 Å². The fraction of sp³-hybridized carbons (Fsp3) is 0.857. The molecule has 4 unspecified atom stereocenters. The Hall–Kier alpha value is -1.14. The molecule has 0 bridgehead atoms.